The molecule has 4 heteroatoms. The fourth-order valence-corrected chi connectivity index (χ4v) is 3.51. The maximum absolute atomic E-state index is 12.1. The molecular weight excluding hydrogens is 244 g/mol. The molecule has 1 fully saturated rings. The normalized spacial score (nSPS) is 26.9. The Hall–Kier alpha value is -0.220. The lowest BCUT2D eigenvalue weighted by Crippen LogP contribution is -2.41. The van der Waals surface area contributed by atoms with E-state index >= 15 is 0 Å². The zero-order valence-electron chi connectivity index (χ0n) is 11.9. The lowest BCUT2D eigenvalue weighted by molar-refractivity contribution is -0.125. The summed E-state index contributed by atoms with van der Waals surface area (Å²) in [7, 11) is 0. The molecule has 1 saturated carbocycles. The molecule has 0 spiro atoms. The van der Waals surface area contributed by atoms with Crippen molar-refractivity contribution >= 4 is 17.7 Å². The molecule has 0 aromatic rings. The number of hydrogen-bond donors (Lipinski definition) is 2. The molecule has 0 saturated heterocycles. The van der Waals surface area contributed by atoms with Crippen LogP contribution in [0.3, 0.4) is 0 Å². The minimum atomic E-state index is 0.117. The number of rotatable bonds is 7. The summed E-state index contributed by atoms with van der Waals surface area (Å²) in [5.74, 6) is 0.345. The third-order valence-electron chi connectivity index (χ3n) is 3.83. The van der Waals surface area contributed by atoms with Crippen molar-refractivity contribution in [2.45, 2.75) is 69.7 Å². The molecular formula is C14H28N2OS. The minimum absolute atomic E-state index is 0.117. The highest BCUT2D eigenvalue weighted by Crippen LogP contribution is 2.28. The van der Waals surface area contributed by atoms with Crippen LogP contribution in [0.15, 0.2) is 0 Å². The van der Waals surface area contributed by atoms with Gasteiger partial charge in [-0.25, -0.2) is 0 Å². The Morgan fingerprint density at radius 2 is 2.11 bits per heavy atom. The molecule has 4 unspecified atom stereocenters. The van der Waals surface area contributed by atoms with Crippen molar-refractivity contribution < 1.29 is 4.79 Å². The van der Waals surface area contributed by atoms with Crippen molar-refractivity contribution in [3.05, 3.63) is 0 Å². The Kier molecular flexibility index (Phi) is 7.08. The van der Waals surface area contributed by atoms with Gasteiger partial charge in [-0.15, -0.1) is 0 Å². The Bertz CT molecular complexity index is 258. The number of carbonyl (C=O) groups is 1. The van der Waals surface area contributed by atoms with Gasteiger partial charge in [-0.2, -0.15) is 11.8 Å². The topological polar surface area (TPSA) is 55.1 Å². The molecule has 3 N–H and O–H groups in total. The maximum Gasteiger partial charge on any atom is 0.223 e. The monoisotopic (exact) mass is 272 g/mol. The summed E-state index contributed by atoms with van der Waals surface area (Å²) in [5, 5.41) is 3.84. The first-order valence-corrected chi connectivity index (χ1v) is 8.42. The quantitative estimate of drug-likeness (QED) is 0.749. The van der Waals surface area contributed by atoms with Gasteiger partial charge in [0.05, 0.1) is 0 Å². The van der Waals surface area contributed by atoms with Gasteiger partial charge in [-0.05, 0) is 38.9 Å². The van der Waals surface area contributed by atoms with Crippen LogP contribution in [-0.4, -0.2) is 29.5 Å². The van der Waals surface area contributed by atoms with E-state index in [0.717, 1.165) is 25.7 Å². The van der Waals surface area contributed by atoms with Gasteiger partial charge < -0.3 is 11.1 Å². The Morgan fingerprint density at radius 1 is 1.39 bits per heavy atom. The molecule has 0 aliphatic heterocycles. The molecule has 18 heavy (non-hydrogen) atoms. The van der Waals surface area contributed by atoms with Gasteiger partial charge in [0.2, 0.25) is 5.91 Å². The molecule has 1 rings (SSSR count). The third kappa shape index (κ3) is 5.19. The molecule has 0 aromatic heterocycles. The van der Waals surface area contributed by atoms with E-state index in [2.05, 4.69) is 11.6 Å². The number of thioether (sulfide) groups is 1. The van der Waals surface area contributed by atoms with Crippen LogP contribution in [0, 0.1) is 5.92 Å². The fourth-order valence-electron chi connectivity index (χ4n) is 2.58. The van der Waals surface area contributed by atoms with Crippen molar-refractivity contribution in [3.63, 3.8) is 0 Å². The first kappa shape index (κ1) is 15.8. The summed E-state index contributed by atoms with van der Waals surface area (Å²) in [4.78, 5) is 12.1. The SMILES string of the molecule is CSC1CCCC1NC(=O)C(C)CCCC(C)N. The van der Waals surface area contributed by atoms with E-state index < -0.39 is 0 Å². The van der Waals surface area contributed by atoms with Crippen LogP contribution in [0.2, 0.25) is 0 Å². The first-order chi connectivity index (χ1) is 8.54. The summed E-state index contributed by atoms with van der Waals surface area (Å²) < 4.78 is 0. The van der Waals surface area contributed by atoms with Crippen LogP contribution in [0.4, 0.5) is 0 Å². The molecule has 0 bridgehead atoms. The molecule has 1 amide bonds. The highest BCUT2D eigenvalue weighted by Gasteiger charge is 2.28. The van der Waals surface area contributed by atoms with Gasteiger partial charge in [-0.1, -0.05) is 19.8 Å². The number of nitrogens with one attached hydrogen (secondary N) is 1. The van der Waals surface area contributed by atoms with Crippen LogP contribution in [0.1, 0.15) is 52.4 Å². The smallest absolute Gasteiger partial charge is 0.223 e. The van der Waals surface area contributed by atoms with E-state index in [1.807, 2.05) is 25.6 Å². The second-order valence-corrected chi connectivity index (χ2v) is 6.71. The van der Waals surface area contributed by atoms with Crippen molar-refractivity contribution in [1.82, 2.24) is 5.32 Å². The van der Waals surface area contributed by atoms with Crippen LogP contribution < -0.4 is 11.1 Å². The number of hydrogen-bond acceptors (Lipinski definition) is 3. The summed E-state index contributed by atoms with van der Waals surface area (Å²) in [6.45, 7) is 4.05. The molecule has 106 valence electrons. The lowest BCUT2D eigenvalue weighted by atomic mass is 10.0. The lowest BCUT2D eigenvalue weighted by Gasteiger charge is -2.21. The Morgan fingerprint density at radius 3 is 2.72 bits per heavy atom. The van der Waals surface area contributed by atoms with E-state index in [-0.39, 0.29) is 17.9 Å². The van der Waals surface area contributed by atoms with Gasteiger partial charge in [0.1, 0.15) is 0 Å². The average molecular weight is 272 g/mol. The van der Waals surface area contributed by atoms with Crippen molar-refractivity contribution in [2.75, 3.05) is 6.26 Å². The molecule has 0 heterocycles. The van der Waals surface area contributed by atoms with Gasteiger partial charge in [0, 0.05) is 23.3 Å². The summed E-state index contributed by atoms with van der Waals surface area (Å²) >= 11 is 1.88. The zero-order valence-corrected chi connectivity index (χ0v) is 12.8. The van der Waals surface area contributed by atoms with Crippen LogP contribution >= 0.6 is 11.8 Å². The van der Waals surface area contributed by atoms with Crippen molar-refractivity contribution in [2.24, 2.45) is 11.7 Å². The van der Waals surface area contributed by atoms with E-state index in [9.17, 15) is 4.79 Å². The zero-order chi connectivity index (χ0) is 13.5. The standard InChI is InChI=1S/C14H28N2OS/c1-10(6-4-7-11(2)15)14(17)16-12-8-5-9-13(12)18-3/h10-13H,4-9,15H2,1-3H3,(H,16,17). The van der Waals surface area contributed by atoms with Gasteiger partial charge in [-0.3, -0.25) is 4.79 Å². The summed E-state index contributed by atoms with van der Waals surface area (Å²) in [6, 6.07) is 0.638. The van der Waals surface area contributed by atoms with Crippen LogP contribution in [-0.2, 0) is 4.79 Å². The second-order valence-electron chi connectivity index (χ2n) is 5.63. The number of carbonyl (C=O) groups excluding carboxylic acids is 1. The molecule has 1 aliphatic carbocycles. The third-order valence-corrected chi connectivity index (χ3v) is 5.00. The Balaban J connectivity index is 2.26. The van der Waals surface area contributed by atoms with Crippen LogP contribution in [0.5, 0.6) is 0 Å². The molecule has 1 aliphatic rings. The molecule has 0 radical (unpaired) electrons. The summed E-state index contributed by atoms with van der Waals surface area (Å²) in [6.07, 6.45) is 8.77. The predicted octanol–water partition coefficient (Wildman–Crippen LogP) is 2.54. The maximum atomic E-state index is 12.1. The minimum Gasteiger partial charge on any atom is -0.352 e. The van der Waals surface area contributed by atoms with Gasteiger partial charge >= 0.3 is 0 Å². The second kappa shape index (κ2) is 8.05. The van der Waals surface area contributed by atoms with E-state index in [4.69, 9.17) is 5.73 Å². The van der Waals surface area contributed by atoms with Gasteiger partial charge in [0.15, 0.2) is 0 Å². The first-order valence-electron chi connectivity index (χ1n) is 7.13. The predicted molar refractivity (Wildman–Crippen MR) is 79.7 cm³/mol. The van der Waals surface area contributed by atoms with E-state index in [1.54, 1.807) is 0 Å². The molecule has 4 atom stereocenters. The summed E-state index contributed by atoms with van der Waals surface area (Å²) in [5.41, 5.74) is 5.72. The molecule has 3 nitrogen and oxygen atoms in total. The van der Waals surface area contributed by atoms with E-state index in [1.165, 1.54) is 12.8 Å². The van der Waals surface area contributed by atoms with E-state index in [0.29, 0.717) is 11.3 Å². The largest absolute Gasteiger partial charge is 0.352 e. The average Bonchev–Trinajstić information content (AvgIpc) is 2.75. The highest BCUT2D eigenvalue weighted by atomic mass is 32.2. The highest BCUT2D eigenvalue weighted by molar-refractivity contribution is 7.99. The number of nitrogens with two attached hydrogens (primary N) is 1. The van der Waals surface area contributed by atoms with Gasteiger partial charge in [0.25, 0.3) is 0 Å². The van der Waals surface area contributed by atoms with Crippen LogP contribution in [0.25, 0.3) is 0 Å². The molecule has 0 aromatic carbocycles. The Labute approximate surface area is 116 Å². The van der Waals surface area contributed by atoms with Crippen molar-refractivity contribution in [1.29, 1.82) is 0 Å². The van der Waals surface area contributed by atoms with Crippen molar-refractivity contribution in [3.8, 4) is 0 Å². The fraction of sp³-hybridized carbons (Fsp3) is 0.929. The number of amides is 1.